The van der Waals surface area contributed by atoms with Crippen LogP contribution in [0.3, 0.4) is 0 Å². The van der Waals surface area contributed by atoms with Crippen molar-refractivity contribution in [3.8, 4) is 11.3 Å². The predicted octanol–water partition coefficient (Wildman–Crippen LogP) is 3.71. The maximum Gasteiger partial charge on any atom is 0.0905 e. The Labute approximate surface area is 107 Å². The van der Waals surface area contributed by atoms with Gasteiger partial charge in [-0.1, -0.05) is 23.8 Å². The zero-order chi connectivity index (χ0) is 12.4. The second kappa shape index (κ2) is 4.98. The van der Waals surface area contributed by atoms with Gasteiger partial charge in [-0.05, 0) is 33.9 Å². The first kappa shape index (κ1) is 12.3. The lowest BCUT2D eigenvalue weighted by atomic mass is 10.1. The second-order valence-corrected chi connectivity index (χ2v) is 5.56. The van der Waals surface area contributed by atoms with Crippen LogP contribution in [0, 0.1) is 13.8 Å². The summed E-state index contributed by atoms with van der Waals surface area (Å²) in [7, 11) is 1.99. The highest BCUT2D eigenvalue weighted by Gasteiger charge is 2.15. The minimum absolute atomic E-state index is 0.344. The molecule has 0 aliphatic carbocycles. The van der Waals surface area contributed by atoms with Crippen LogP contribution in [-0.2, 0) is 0 Å². The third-order valence-electron chi connectivity index (χ3n) is 2.88. The second-order valence-electron chi connectivity index (χ2n) is 4.33. The van der Waals surface area contributed by atoms with Crippen molar-refractivity contribution in [2.45, 2.75) is 26.8 Å². The Kier molecular flexibility index (Phi) is 3.60. The minimum Gasteiger partial charge on any atom is -0.312 e. The van der Waals surface area contributed by atoms with Gasteiger partial charge in [0.25, 0.3) is 0 Å². The highest BCUT2D eigenvalue weighted by Crippen LogP contribution is 2.32. The Bertz CT molecular complexity index is 517. The topological polar surface area (TPSA) is 24.9 Å². The number of nitrogens with zero attached hydrogens (tertiary/aromatic N) is 1. The van der Waals surface area contributed by atoms with Crippen LogP contribution in [0.1, 0.15) is 28.4 Å². The molecule has 1 aromatic carbocycles. The summed E-state index contributed by atoms with van der Waals surface area (Å²) in [5.74, 6) is 0. The van der Waals surface area contributed by atoms with Gasteiger partial charge in [-0.25, -0.2) is 4.98 Å². The normalized spacial score (nSPS) is 12.7. The molecule has 1 heterocycles. The van der Waals surface area contributed by atoms with Gasteiger partial charge in [0, 0.05) is 16.5 Å². The van der Waals surface area contributed by atoms with Crippen LogP contribution in [0.25, 0.3) is 11.3 Å². The number of hydrogen-bond acceptors (Lipinski definition) is 3. The molecule has 0 radical (unpaired) electrons. The summed E-state index contributed by atoms with van der Waals surface area (Å²) in [6.07, 6.45) is 0. The van der Waals surface area contributed by atoms with E-state index in [9.17, 15) is 0 Å². The lowest BCUT2D eigenvalue weighted by Gasteiger charge is -2.10. The van der Waals surface area contributed by atoms with E-state index in [2.05, 4.69) is 55.3 Å². The molecule has 0 saturated carbocycles. The van der Waals surface area contributed by atoms with Crippen LogP contribution >= 0.6 is 11.3 Å². The van der Waals surface area contributed by atoms with E-state index < -0.39 is 0 Å². The van der Waals surface area contributed by atoms with Crippen molar-refractivity contribution in [3.05, 3.63) is 39.7 Å². The van der Waals surface area contributed by atoms with Gasteiger partial charge in [0.2, 0.25) is 0 Å². The van der Waals surface area contributed by atoms with E-state index in [1.807, 2.05) is 7.05 Å². The van der Waals surface area contributed by atoms with Crippen LogP contribution in [0.2, 0.25) is 0 Å². The highest BCUT2D eigenvalue weighted by atomic mass is 32.1. The summed E-state index contributed by atoms with van der Waals surface area (Å²) in [6, 6.07) is 8.88. The standard InChI is InChI=1S/C14H18N2S/c1-9-6-5-7-12(8-9)13-14(10(2)15-4)17-11(3)16-13/h5-8,10,15H,1-4H3. The van der Waals surface area contributed by atoms with E-state index in [4.69, 9.17) is 0 Å². The molecular formula is C14H18N2S. The van der Waals surface area contributed by atoms with Crippen LogP contribution in [0.5, 0.6) is 0 Å². The van der Waals surface area contributed by atoms with Crippen LogP contribution in [-0.4, -0.2) is 12.0 Å². The van der Waals surface area contributed by atoms with Gasteiger partial charge in [0.1, 0.15) is 0 Å². The number of hydrogen-bond donors (Lipinski definition) is 1. The van der Waals surface area contributed by atoms with Crippen molar-refractivity contribution in [2.75, 3.05) is 7.05 Å². The molecule has 0 aliphatic heterocycles. The van der Waals surface area contributed by atoms with Crippen LogP contribution in [0.4, 0.5) is 0 Å². The summed E-state index contributed by atoms with van der Waals surface area (Å²) < 4.78 is 0. The SMILES string of the molecule is CNC(C)c1sc(C)nc1-c1cccc(C)c1. The molecule has 90 valence electrons. The molecule has 0 fully saturated rings. The third kappa shape index (κ3) is 2.56. The van der Waals surface area contributed by atoms with Gasteiger partial charge in [-0.2, -0.15) is 0 Å². The minimum atomic E-state index is 0.344. The first-order valence-electron chi connectivity index (χ1n) is 5.83. The number of nitrogens with one attached hydrogen (secondary N) is 1. The maximum absolute atomic E-state index is 4.67. The van der Waals surface area contributed by atoms with Crippen molar-refractivity contribution < 1.29 is 0 Å². The summed E-state index contributed by atoms with van der Waals surface area (Å²) in [4.78, 5) is 5.98. The van der Waals surface area contributed by atoms with Gasteiger partial charge in [0.05, 0.1) is 10.7 Å². The molecule has 2 aromatic rings. The van der Waals surface area contributed by atoms with Crippen molar-refractivity contribution in [3.63, 3.8) is 0 Å². The zero-order valence-corrected chi connectivity index (χ0v) is 11.6. The number of benzene rings is 1. The Balaban J connectivity index is 2.51. The van der Waals surface area contributed by atoms with Gasteiger partial charge >= 0.3 is 0 Å². The van der Waals surface area contributed by atoms with E-state index in [-0.39, 0.29) is 0 Å². The fourth-order valence-electron chi connectivity index (χ4n) is 1.87. The Hall–Kier alpha value is -1.19. The lowest BCUT2D eigenvalue weighted by Crippen LogP contribution is -2.11. The summed E-state index contributed by atoms with van der Waals surface area (Å²) in [5.41, 5.74) is 3.61. The molecule has 1 N–H and O–H groups in total. The quantitative estimate of drug-likeness (QED) is 0.893. The van der Waals surface area contributed by atoms with E-state index >= 15 is 0 Å². The lowest BCUT2D eigenvalue weighted by molar-refractivity contribution is 0.664. The smallest absolute Gasteiger partial charge is 0.0905 e. The summed E-state index contributed by atoms with van der Waals surface area (Å²) >= 11 is 1.77. The predicted molar refractivity (Wildman–Crippen MR) is 74.5 cm³/mol. The molecule has 1 aromatic heterocycles. The molecule has 0 bridgehead atoms. The molecule has 1 unspecified atom stereocenters. The number of thiazole rings is 1. The Morgan fingerprint density at radius 1 is 1.29 bits per heavy atom. The van der Waals surface area contributed by atoms with E-state index in [0.717, 1.165) is 10.7 Å². The van der Waals surface area contributed by atoms with Crippen molar-refractivity contribution in [1.82, 2.24) is 10.3 Å². The Morgan fingerprint density at radius 2 is 2.06 bits per heavy atom. The summed E-state index contributed by atoms with van der Waals surface area (Å²) in [5, 5.41) is 4.41. The van der Waals surface area contributed by atoms with Gasteiger partial charge in [0.15, 0.2) is 0 Å². The monoisotopic (exact) mass is 246 g/mol. The molecule has 0 saturated heterocycles. The average molecular weight is 246 g/mol. The first-order valence-corrected chi connectivity index (χ1v) is 6.65. The van der Waals surface area contributed by atoms with E-state index in [1.165, 1.54) is 16.0 Å². The fourth-order valence-corrected chi connectivity index (χ4v) is 2.88. The van der Waals surface area contributed by atoms with Crippen LogP contribution in [0.15, 0.2) is 24.3 Å². The molecule has 2 nitrogen and oxygen atoms in total. The molecule has 0 aliphatic rings. The molecular weight excluding hydrogens is 228 g/mol. The van der Waals surface area contributed by atoms with Gasteiger partial charge in [-0.3, -0.25) is 0 Å². The highest BCUT2D eigenvalue weighted by molar-refractivity contribution is 7.12. The van der Waals surface area contributed by atoms with Crippen molar-refractivity contribution in [1.29, 1.82) is 0 Å². The Morgan fingerprint density at radius 3 is 2.71 bits per heavy atom. The van der Waals surface area contributed by atoms with Gasteiger partial charge in [-0.15, -0.1) is 11.3 Å². The maximum atomic E-state index is 4.67. The first-order chi connectivity index (χ1) is 8.11. The number of aromatic nitrogens is 1. The van der Waals surface area contributed by atoms with E-state index in [1.54, 1.807) is 11.3 Å². The average Bonchev–Trinajstić information content (AvgIpc) is 2.70. The molecule has 2 rings (SSSR count). The largest absolute Gasteiger partial charge is 0.312 e. The molecule has 0 amide bonds. The summed E-state index contributed by atoms with van der Waals surface area (Å²) in [6.45, 7) is 6.35. The fraction of sp³-hybridized carbons (Fsp3) is 0.357. The molecule has 1 atom stereocenters. The van der Waals surface area contributed by atoms with Gasteiger partial charge < -0.3 is 5.32 Å². The molecule has 3 heteroatoms. The van der Waals surface area contributed by atoms with Crippen molar-refractivity contribution >= 4 is 11.3 Å². The van der Waals surface area contributed by atoms with Crippen LogP contribution < -0.4 is 5.32 Å². The zero-order valence-electron chi connectivity index (χ0n) is 10.7. The molecule has 0 spiro atoms. The number of rotatable bonds is 3. The molecule has 17 heavy (non-hydrogen) atoms. The number of aryl methyl sites for hydroxylation is 2. The van der Waals surface area contributed by atoms with Crippen molar-refractivity contribution in [2.24, 2.45) is 0 Å². The third-order valence-corrected chi connectivity index (χ3v) is 4.03. The van der Waals surface area contributed by atoms with E-state index in [0.29, 0.717) is 6.04 Å².